The van der Waals surface area contributed by atoms with Crippen molar-refractivity contribution < 1.29 is 5.11 Å². The van der Waals surface area contributed by atoms with Crippen LogP contribution in [0.25, 0.3) is 0 Å². The number of rotatable bonds is 6. The maximum atomic E-state index is 9.44. The molecule has 96 valence electrons. The van der Waals surface area contributed by atoms with E-state index in [1.54, 1.807) is 0 Å². The Morgan fingerprint density at radius 3 is 2.53 bits per heavy atom. The molecule has 3 heteroatoms. The van der Waals surface area contributed by atoms with E-state index in [-0.39, 0.29) is 12.1 Å². The maximum absolute atomic E-state index is 9.44. The van der Waals surface area contributed by atoms with Crippen LogP contribution in [-0.2, 0) is 6.54 Å². The van der Waals surface area contributed by atoms with E-state index in [0.717, 1.165) is 13.1 Å². The summed E-state index contributed by atoms with van der Waals surface area (Å²) >= 11 is 0. The first-order valence-corrected chi connectivity index (χ1v) is 6.16. The summed E-state index contributed by atoms with van der Waals surface area (Å²) < 4.78 is 0. The SMILES string of the molecule is CCNCc1ccccc1N(C)C(C)(C)CO. The molecule has 0 heterocycles. The van der Waals surface area contributed by atoms with Crippen LogP contribution in [0.5, 0.6) is 0 Å². The largest absolute Gasteiger partial charge is 0.394 e. The molecule has 0 fully saturated rings. The summed E-state index contributed by atoms with van der Waals surface area (Å²) in [6, 6.07) is 8.32. The Kier molecular flexibility index (Phi) is 4.97. The zero-order chi connectivity index (χ0) is 12.9. The van der Waals surface area contributed by atoms with Crippen molar-refractivity contribution in [2.24, 2.45) is 0 Å². The Morgan fingerprint density at radius 2 is 1.94 bits per heavy atom. The standard InChI is InChI=1S/C14H24N2O/c1-5-15-10-12-8-6-7-9-13(12)16(4)14(2,3)11-17/h6-9,15,17H,5,10-11H2,1-4H3. The summed E-state index contributed by atoms with van der Waals surface area (Å²) in [6.45, 7) is 8.14. The van der Waals surface area contributed by atoms with Crippen LogP contribution in [0, 0.1) is 0 Å². The zero-order valence-electron chi connectivity index (χ0n) is 11.3. The van der Waals surface area contributed by atoms with Gasteiger partial charge in [0.15, 0.2) is 0 Å². The Hall–Kier alpha value is -1.06. The van der Waals surface area contributed by atoms with Crippen molar-refractivity contribution >= 4 is 5.69 Å². The molecule has 0 saturated carbocycles. The van der Waals surface area contributed by atoms with Gasteiger partial charge in [0, 0.05) is 19.3 Å². The molecule has 1 aromatic rings. The van der Waals surface area contributed by atoms with Crippen molar-refractivity contribution in [1.82, 2.24) is 5.32 Å². The smallest absolute Gasteiger partial charge is 0.0658 e. The van der Waals surface area contributed by atoms with Crippen LogP contribution in [0.4, 0.5) is 5.69 Å². The fourth-order valence-corrected chi connectivity index (χ4v) is 1.68. The molecule has 0 saturated heterocycles. The number of anilines is 1. The van der Waals surface area contributed by atoms with E-state index in [2.05, 4.69) is 35.3 Å². The molecule has 1 aromatic carbocycles. The average molecular weight is 236 g/mol. The first kappa shape index (κ1) is 14.0. The molecule has 0 aliphatic heterocycles. The third-order valence-electron chi connectivity index (χ3n) is 3.21. The fourth-order valence-electron chi connectivity index (χ4n) is 1.68. The van der Waals surface area contributed by atoms with Crippen LogP contribution in [0.2, 0.25) is 0 Å². The van der Waals surface area contributed by atoms with E-state index in [0.29, 0.717) is 0 Å². The summed E-state index contributed by atoms with van der Waals surface area (Å²) in [5.41, 5.74) is 2.19. The maximum Gasteiger partial charge on any atom is 0.0658 e. The van der Waals surface area contributed by atoms with E-state index in [1.165, 1.54) is 11.3 Å². The second kappa shape index (κ2) is 6.03. The van der Waals surface area contributed by atoms with Crippen LogP contribution in [-0.4, -0.2) is 30.8 Å². The highest BCUT2D eigenvalue weighted by atomic mass is 16.3. The molecule has 0 aliphatic carbocycles. The summed E-state index contributed by atoms with van der Waals surface area (Å²) in [5.74, 6) is 0. The molecule has 2 N–H and O–H groups in total. The van der Waals surface area contributed by atoms with Crippen molar-refractivity contribution in [3.05, 3.63) is 29.8 Å². The van der Waals surface area contributed by atoms with Gasteiger partial charge in [0.2, 0.25) is 0 Å². The fraction of sp³-hybridized carbons (Fsp3) is 0.571. The van der Waals surface area contributed by atoms with E-state index >= 15 is 0 Å². The van der Waals surface area contributed by atoms with Crippen LogP contribution < -0.4 is 10.2 Å². The minimum atomic E-state index is -0.248. The van der Waals surface area contributed by atoms with E-state index in [1.807, 2.05) is 27.0 Å². The molecule has 0 amide bonds. The molecular formula is C14H24N2O. The van der Waals surface area contributed by atoms with Crippen molar-refractivity contribution in [1.29, 1.82) is 0 Å². The van der Waals surface area contributed by atoms with Gasteiger partial charge in [-0.2, -0.15) is 0 Å². The molecule has 0 aliphatic rings. The first-order valence-electron chi connectivity index (χ1n) is 6.16. The topological polar surface area (TPSA) is 35.5 Å². The minimum Gasteiger partial charge on any atom is -0.394 e. The predicted molar refractivity (Wildman–Crippen MR) is 73.4 cm³/mol. The van der Waals surface area contributed by atoms with Crippen LogP contribution >= 0.6 is 0 Å². The van der Waals surface area contributed by atoms with Gasteiger partial charge in [0.05, 0.1) is 12.1 Å². The Labute approximate surface area is 104 Å². The van der Waals surface area contributed by atoms with E-state index in [9.17, 15) is 5.11 Å². The second-order valence-electron chi connectivity index (χ2n) is 4.94. The van der Waals surface area contributed by atoms with Crippen molar-refractivity contribution in [3.8, 4) is 0 Å². The lowest BCUT2D eigenvalue weighted by atomic mass is 10.0. The van der Waals surface area contributed by atoms with Crippen molar-refractivity contribution in [3.63, 3.8) is 0 Å². The molecule has 0 atom stereocenters. The normalized spacial score (nSPS) is 11.6. The molecule has 17 heavy (non-hydrogen) atoms. The molecule has 0 radical (unpaired) electrons. The number of nitrogens with one attached hydrogen (secondary N) is 1. The lowest BCUT2D eigenvalue weighted by molar-refractivity contribution is 0.216. The first-order chi connectivity index (χ1) is 8.03. The van der Waals surface area contributed by atoms with Crippen LogP contribution in [0.15, 0.2) is 24.3 Å². The Morgan fingerprint density at radius 1 is 1.29 bits per heavy atom. The van der Waals surface area contributed by atoms with Gasteiger partial charge in [0.25, 0.3) is 0 Å². The number of hydrogen-bond donors (Lipinski definition) is 2. The number of para-hydroxylation sites is 1. The number of nitrogens with zero attached hydrogens (tertiary/aromatic N) is 1. The molecule has 0 aromatic heterocycles. The second-order valence-corrected chi connectivity index (χ2v) is 4.94. The number of benzene rings is 1. The van der Waals surface area contributed by atoms with Gasteiger partial charge in [0.1, 0.15) is 0 Å². The van der Waals surface area contributed by atoms with Crippen molar-refractivity contribution in [2.45, 2.75) is 32.9 Å². The van der Waals surface area contributed by atoms with Gasteiger partial charge >= 0.3 is 0 Å². The quantitative estimate of drug-likeness (QED) is 0.793. The monoisotopic (exact) mass is 236 g/mol. The lowest BCUT2D eigenvalue weighted by Gasteiger charge is -2.37. The van der Waals surface area contributed by atoms with Crippen LogP contribution in [0.3, 0.4) is 0 Å². The zero-order valence-corrected chi connectivity index (χ0v) is 11.3. The van der Waals surface area contributed by atoms with Gasteiger partial charge in [-0.25, -0.2) is 0 Å². The van der Waals surface area contributed by atoms with E-state index in [4.69, 9.17) is 0 Å². The third kappa shape index (κ3) is 3.45. The highest BCUT2D eigenvalue weighted by Gasteiger charge is 2.24. The van der Waals surface area contributed by atoms with Gasteiger partial charge < -0.3 is 15.3 Å². The number of hydrogen-bond acceptors (Lipinski definition) is 3. The number of aliphatic hydroxyl groups is 1. The number of likely N-dealkylation sites (N-methyl/N-ethyl adjacent to an activating group) is 1. The molecule has 1 rings (SSSR count). The third-order valence-corrected chi connectivity index (χ3v) is 3.21. The summed E-state index contributed by atoms with van der Waals surface area (Å²) in [5, 5.41) is 12.8. The van der Waals surface area contributed by atoms with Gasteiger partial charge in [-0.3, -0.25) is 0 Å². The molecule has 0 bridgehead atoms. The summed E-state index contributed by atoms with van der Waals surface area (Å²) in [6.07, 6.45) is 0. The summed E-state index contributed by atoms with van der Waals surface area (Å²) in [7, 11) is 2.03. The highest BCUT2D eigenvalue weighted by molar-refractivity contribution is 5.54. The van der Waals surface area contributed by atoms with Gasteiger partial charge in [-0.1, -0.05) is 25.1 Å². The summed E-state index contributed by atoms with van der Waals surface area (Å²) in [4.78, 5) is 2.14. The molecule has 0 unspecified atom stereocenters. The van der Waals surface area contributed by atoms with Gasteiger partial charge in [-0.05, 0) is 32.0 Å². The highest BCUT2D eigenvalue weighted by Crippen LogP contribution is 2.25. The van der Waals surface area contributed by atoms with E-state index < -0.39 is 0 Å². The lowest BCUT2D eigenvalue weighted by Crippen LogP contribution is -2.45. The Balaban J connectivity index is 2.96. The predicted octanol–water partition coefficient (Wildman–Crippen LogP) is 2.00. The minimum absolute atomic E-state index is 0.138. The van der Waals surface area contributed by atoms with Crippen molar-refractivity contribution in [2.75, 3.05) is 25.1 Å². The van der Waals surface area contributed by atoms with Crippen LogP contribution in [0.1, 0.15) is 26.3 Å². The molecular weight excluding hydrogens is 212 g/mol. The molecule has 3 nitrogen and oxygen atoms in total. The Bertz CT molecular complexity index is 350. The van der Waals surface area contributed by atoms with Gasteiger partial charge in [-0.15, -0.1) is 0 Å². The number of aliphatic hydroxyl groups excluding tert-OH is 1. The average Bonchev–Trinajstić information content (AvgIpc) is 2.35. The molecule has 0 spiro atoms.